The summed E-state index contributed by atoms with van der Waals surface area (Å²) in [4.78, 5) is 4.05. The fourth-order valence-corrected chi connectivity index (χ4v) is 1.75. The predicted octanol–water partition coefficient (Wildman–Crippen LogP) is 2.70. The van der Waals surface area contributed by atoms with E-state index in [-0.39, 0.29) is 5.92 Å². The number of methoxy groups -OCH3 is 1. The molecule has 1 rings (SSSR count). The van der Waals surface area contributed by atoms with Crippen LogP contribution in [0.15, 0.2) is 12.3 Å². The molecule has 0 unspecified atom stereocenters. The van der Waals surface area contributed by atoms with Gasteiger partial charge in [0.15, 0.2) is 0 Å². The number of pyridine rings is 1. The number of hydrogen-bond donors (Lipinski definition) is 1. The molecule has 1 aromatic rings. The third-order valence-electron chi connectivity index (χ3n) is 2.47. The smallest absolute Gasteiger partial charge is 0.127 e. The highest BCUT2D eigenvalue weighted by Crippen LogP contribution is 2.29. The van der Waals surface area contributed by atoms with Crippen LogP contribution in [-0.2, 0) is 4.74 Å². The summed E-state index contributed by atoms with van der Waals surface area (Å²) in [7, 11) is 1.68. The number of ether oxygens (including phenoxy) is 1. The van der Waals surface area contributed by atoms with E-state index in [1.54, 1.807) is 13.3 Å². The zero-order chi connectivity index (χ0) is 11.4. The van der Waals surface area contributed by atoms with Crippen molar-refractivity contribution in [1.82, 2.24) is 4.98 Å². The number of hydrogen-bond acceptors (Lipinski definition) is 3. The van der Waals surface area contributed by atoms with Gasteiger partial charge in [-0.25, -0.2) is 4.98 Å². The summed E-state index contributed by atoms with van der Waals surface area (Å²) in [6.45, 7) is 4.89. The van der Waals surface area contributed by atoms with Crippen LogP contribution in [0.3, 0.4) is 0 Å². The first kappa shape index (κ1) is 12.3. The number of nitrogen functional groups attached to an aromatic ring is 1. The monoisotopic (exact) mass is 228 g/mol. The molecule has 0 amide bonds. The van der Waals surface area contributed by atoms with E-state index in [9.17, 15) is 0 Å². The van der Waals surface area contributed by atoms with Crippen LogP contribution >= 0.6 is 11.6 Å². The van der Waals surface area contributed by atoms with Crippen LogP contribution in [0.2, 0.25) is 5.02 Å². The van der Waals surface area contributed by atoms with Crippen LogP contribution < -0.4 is 5.73 Å². The third-order valence-corrected chi connectivity index (χ3v) is 2.67. The first-order chi connectivity index (χ1) is 7.06. The van der Waals surface area contributed by atoms with Crippen LogP contribution in [0.25, 0.3) is 0 Å². The molecule has 0 aromatic carbocycles. The van der Waals surface area contributed by atoms with Crippen LogP contribution in [0.1, 0.15) is 25.3 Å². The Labute approximate surface area is 95.6 Å². The molecule has 0 aliphatic carbocycles. The number of rotatable bonds is 4. The summed E-state index contributed by atoms with van der Waals surface area (Å²) in [5, 5.41) is 0.612. The second kappa shape index (κ2) is 5.33. The summed E-state index contributed by atoms with van der Waals surface area (Å²) in [6, 6.07) is 1.87. The maximum atomic E-state index is 5.91. The molecule has 0 aliphatic heterocycles. The summed E-state index contributed by atoms with van der Waals surface area (Å²) < 4.78 is 5.19. The molecule has 15 heavy (non-hydrogen) atoms. The Morgan fingerprint density at radius 3 is 2.73 bits per heavy atom. The van der Waals surface area contributed by atoms with E-state index in [0.717, 1.165) is 5.56 Å². The largest absolute Gasteiger partial charge is 0.384 e. The quantitative estimate of drug-likeness (QED) is 0.862. The summed E-state index contributed by atoms with van der Waals surface area (Å²) in [5.74, 6) is 1.21. The zero-order valence-electron chi connectivity index (χ0n) is 9.33. The number of nitrogens with two attached hydrogens (primary N) is 1. The van der Waals surface area contributed by atoms with E-state index < -0.39 is 0 Å². The number of aromatic nitrogens is 1. The van der Waals surface area contributed by atoms with Crippen LogP contribution in [0.5, 0.6) is 0 Å². The summed E-state index contributed by atoms with van der Waals surface area (Å²) >= 11 is 5.91. The molecule has 0 radical (unpaired) electrons. The Morgan fingerprint density at radius 1 is 1.53 bits per heavy atom. The number of anilines is 1. The van der Waals surface area contributed by atoms with Crippen molar-refractivity contribution in [2.45, 2.75) is 19.8 Å². The molecule has 3 nitrogen and oxygen atoms in total. The Morgan fingerprint density at radius 2 is 2.20 bits per heavy atom. The standard InChI is InChI=1S/C11H17ClN2O/c1-7(2)10(6-15-3)9-4-8(12)5-14-11(9)13/h4-5,7,10H,6H2,1-3H3,(H2,13,14)/t10-/m0/s1. The van der Waals surface area contributed by atoms with Gasteiger partial charge in [-0.05, 0) is 12.0 Å². The van der Waals surface area contributed by atoms with E-state index in [2.05, 4.69) is 18.8 Å². The second-order valence-electron chi connectivity index (χ2n) is 3.93. The molecule has 2 N–H and O–H groups in total. The Balaban J connectivity index is 3.04. The highest BCUT2D eigenvalue weighted by Gasteiger charge is 2.19. The van der Waals surface area contributed by atoms with Gasteiger partial charge in [0.1, 0.15) is 5.82 Å². The molecular weight excluding hydrogens is 212 g/mol. The van der Waals surface area contributed by atoms with Gasteiger partial charge in [-0.2, -0.15) is 0 Å². The molecule has 4 heteroatoms. The molecule has 1 aromatic heterocycles. The van der Waals surface area contributed by atoms with Gasteiger partial charge in [0, 0.05) is 24.8 Å². The molecule has 1 heterocycles. The van der Waals surface area contributed by atoms with Crippen molar-refractivity contribution in [2.24, 2.45) is 5.92 Å². The number of nitrogens with zero attached hydrogens (tertiary/aromatic N) is 1. The average molecular weight is 229 g/mol. The lowest BCUT2D eigenvalue weighted by Crippen LogP contribution is -2.15. The van der Waals surface area contributed by atoms with E-state index >= 15 is 0 Å². The van der Waals surface area contributed by atoms with Gasteiger partial charge < -0.3 is 10.5 Å². The van der Waals surface area contributed by atoms with Crippen molar-refractivity contribution >= 4 is 17.4 Å². The molecule has 0 spiro atoms. The lowest BCUT2D eigenvalue weighted by molar-refractivity contribution is 0.163. The first-order valence-electron chi connectivity index (χ1n) is 4.96. The predicted molar refractivity (Wildman–Crippen MR) is 63.1 cm³/mol. The Hall–Kier alpha value is -0.800. The van der Waals surface area contributed by atoms with E-state index in [1.807, 2.05) is 6.07 Å². The maximum Gasteiger partial charge on any atom is 0.127 e. The zero-order valence-corrected chi connectivity index (χ0v) is 10.1. The topological polar surface area (TPSA) is 48.1 Å². The summed E-state index contributed by atoms with van der Waals surface area (Å²) in [6.07, 6.45) is 1.56. The average Bonchev–Trinajstić information content (AvgIpc) is 2.18. The first-order valence-corrected chi connectivity index (χ1v) is 5.34. The highest BCUT2D eigenvalue weighted by atomic mass is 35.5. The Kier molecular flexibility index (Phi) is 4.36. The van der Waals surface area contributed by atoms with Crippen molar-refractivity contribution < 1.29 is 4.74 Å². The molecule has 0 bridgehead atoms. The van der Waals surface area contributed by atoms with Gasteiger partial charge in [-0.15, -0.1) is 0 Å². The van der Waals surface area contributed by atoms with E-state index in [0.29, 0.717) is 23.4 Å². The molecule has 0 saturated carbocycles. The third kappa shape index (κ3) is 3.08. The minimum absolute atomic E-state index is 0.237. The van der Waals surface area contributed by atoms with Crippen LogP contribution in [0.4, 0.5) is 5.82 Å². The van der Waals surface area contributed by atoms with Crippen LogP contribution in [0, 0.1) is 5.92 Å². The minimum atomic E-state index is 0.237. The maximum absolute atomic E-state index is 5.91. The summed E-state index contributed by atoms with van der Waals surface area (Å²) in [5.41, 5.74) is 6.80. The van der Waals surface area contributed by atoms with Crippen molar-refractivity contribution in [3.05, 3.63) is 22.8 Å². The molecular formula is C11H17ClN2O. The van der Waals surface area contributed by atoms with Gasteiger partial charge in [-0.3, -0.25) is 0 Å². The highest BCUT2D eigenvalue weighted by molar-refractivity contribution is 6.30. The fraction of sp³-hybridized carbons (Fsp3) is 0.545. The molecule has 1 atom stereocenters. The van der Waals surface area contributed by atoms with Crippen molar-refractivity contribution in [3.8, 4) is 0 Å². The van der Waals surface area contributed by atoms with E-state index in [4.69, 9.17) is 22.1 Å². The second-order valence-corrected chi connectivity index (χ2v) is 4.37. The van der Waals surface area contributed by atoms with E-state index in [1.165, 1.54) is 0 Å². The minimum Gasteiger partial charge on any atom is -0.384 e. The Bertz CT molecular complexity index is 328. The van der Waals surface area contributed by atoms with Gasteiger partial charge in [0.25, 0.3) is 0 Å². The van der Waals surface area contributed by atoms with Gasteiger partial charge >= 0.3 is 0 Å². The molecule has 84 valence electrons. The van der Waals surface area contributed by atoms with Crippen molar-refractivity contribution in [3.63, 3.8) is 0 Å². The molecule has 0 saturated heterocycles. The fourth-order valence-electron chi connectivity index (χ4n) is 1.58. The number of halogens is 1. The van der Waals surface area contributed by atoms with Crippen molar-refractivity contribution in [2.75, 3.05) is 19.5 Å². The van der Waals surface area contributed by atoms with Crippen LogP contribution in [-0.4, -0.2) is 18.7 Å². The van der Waals surface area contributed by atoms with Gasteiger partial charge in [0.2, 0.25) is 0 Å². The molecule has 0 fully saturated rings. The normalized spacial score (nSPS) is 13.1. The van der Waals surface area contributed by atoms with Crippen molar-refractivity contribution in [1.29, 1.82) is 0 Å². The van der Waals surface area contributed by atoms with Gasteiger partial charge in [-0.1, -0.05) is 25.4 Å². The lowest BCUT2D eigenvalue weighted by Gasteiger charge is -2.21. The lowest BCUT2D eigenvalue weighted by atomic mass is 9.89. The molecule has 0 aliphatic rings. The van der Waals surface area contributed by atoms with Gasteiger partial charge in [0.05, 0.1) is 11.6 Å². The SMILES string of the molecule is COC[C@H](c1cc(Cl)cnc1N)C(C)C.